The van der Waals surface area contributed by atoms with Crippen LogP contribution < -0.4 is 0 Å². The topological polar surface area (TPSA) is 47.0 Å². The highest BCUT2D eigenvalue weighted by molar-refractivity contribution is 6.44. The first-order chi connectivity index (χ1) is 7.20. The van der Waals surface area contributed by atoms with Crippen LogP contribution in [0.4, 0.5) is 4.39 Å². The second-order valence-corrected chi connectivity index (χ2v) is 3.29. The predicted octanol–water partition coefficient (Wildman–Crippen LogP) is 1.40. The summed E-state index contributed by atoms with van der Waals surface area (Å²) in [6.07, 6.45) is 4.54. The van der Waals surface area contributed by atoms with Gasteiger partial charge in [-0.05, 0) is 24.6 Å². The highest BCUT2D eigenvalue weighted by atomic mass is 19.1. The van der Waals surface area contributed by atoms with E-state index in [4.69, 9.17) is 0 Å². The Bertz CT molecular complexity index is 454. The molecule has 1 heterocycles. The highest BCUT2D eigenvalue weighted by Gasteiger charge is 2.30. The second-order valence-electron chi connectivity index (χ2n) is 3.29. The summed E-state index contributed by atoms with van der Waals surface area (Å²) in [5.41, 5.74) is 0.0557. The van der Waals surface area contributed by atoms with Crippen LogP contribution in [0, 0.1) is 5.82 Å². The van der Waals surface area contributed by atoms with E-state index in [0.29, 0.717) is 6.42 Å². The van der Waals surface area contributed by atoms with Crippen LogP contribution in [0.5, 0.6) is 0 Å². The van der Waals surface area contributed by atoms with Crippen LogP contribution in [0.1, 0.15) is 18.0 Å². The number of ketones is 2. The van der Waals surface area contributed by atoms with Crippen LogP contribution >= 0.6 is 0 Å². The molecular formula is C11H8FNO2. The van der Waals surface area contributed by atoms with Crippen LogP contribution in [0.25, 0.3) is 0 Å². The maximum atomic E-state index is 13.3. The molecule has 0 saturated carbocycles. The van der Waals surface area contributed by atoms with Gasteiger partial charge in [0.05, 0.1) is 11.6 Å². The van der Waals surface area contributed by atoms with Crippen LogP contribution in [0.2, 0.25) is 0 Å². The lowest BCUT2D eigenvalue weighted by Gasteiger charge is -2.15. The smallest absolute Gasteiger partial charge is 0.221 e. The van der Waals surface area contributed by atoms with Crippen LogP contribution in [0.15, 0.2) is 30.5 Å². The van der Waals surface area contributed by atoms with E-state index < -0.39 is 23.3 Å². The summed E-state index contributed by atoms with van der Waals surface area (Å²) >= 11 is 0. The van der Waals surface area contributed by atoms with Crippen molar-refractivity contribution in [2.24, 2.45) is 0 Å². The van der Waals surface area contributed by atoms with Gasteiger partial charge >= 0.3 is 0 Å². The molecule has 0 aliphatic heterocycles. The normalized spacial score (nSPS) is 20.7. The van der Waals surface area contributed by atoms with Gasteiger partial charge in [0.2, 0.25) is 11.6 Å². The van der Waals surface area contributed by atoms with Crippen molar-refractivity contribution < 1.29 is 14.0 Å². The van der Waals surface area contributed by atoms with Crippen LogP contribution in [-0.2, 0) is 9.59 Å². The largest absolute Gasteiger partial charge is 0.290 e. The van der Waals surface area contributed by atoms with Gasteiger partial charge in [-0.3, -0.25) is 14.6 Å². The standard InChI is InChI=1S/C11H8FNO2/c12-8-4-2-6-13-10(8)7-3-1-5-9(14)11(7)15/h1-2,4-7H,3H2. The predicted molar refractivity (Wildman–Crippen MR) is 50.7 cm³/mol. The molecule has 15 heavy (non-hydrogen) atoms. The zero-order chi connectivity index (χ0) is 10.8. The van der Waals surface area contributed by atoms with Gasteiger partial charge in [-0.1, -0.05) is 6.08 Å². The summed E-state index contributed by atoms with van der Waals surface area (Å²) in [5, 5.41) is 0. The molecule has 3 nitrogen and oxygen atoms in total. The summed E-state index contributed by atoms with van der Waals surface area (Å²) < 4.78 is 13.3. The molecule has 76 valence electrons. The third kappa shape index (κ3) is 1.70. The van der Waals surface area contributed by atoms with E-state index in [1.807, 2.05) is 0 Å². The Morgan fingerprint density at radius 3 is 2.93 bits per heavy atom. The Kier molecular flexibility index (Phi) is 2.41. The first kappa shape index (κ1) is 9.71. The number of aromatic nitrogens is 1. The molecule has 0 spiro atoms. The molecular weight excluding hydrogens is 197 g/mol. The molecule has 1 aromatic heterocycles. The zero-order valence-electron chi connectivity index (χ0n) is 7.81. The fourth-order valence-corrected chi connectivity index (χ4v) is 1.56. The average Bonchev–Trinajstić information content (AvgIpc) is 2.23. The van der Waals surface area contributed by atoms with Crippen molar-refractivity contribution in [2.45, 2.75) is 12.3 Å². The fourth-order valence-electron chi connectivity index (χ4n) is 1.56. The van der Waals surface area contributed by atoms with E-state index in [0.717, 1.165) is 0 Å². The summed E-state index contributed by atoms with van der Waals surface area (Å²) in [5.74, 6) is -2.48. The van der Waals surface area contributed by atoms with Crippen LogP contribution in [0.3, 0.4) is 0 Å². The van der Waals surface area contributed by atoms with Gasteiger partial charge in [-0.15, -0.1) is 0 Å². The lowest BCUT2D eigenvalue weighted by molar-refractivity contribution is -0.135. The van der Waals surface area contributed by atoms with Crippen molar-refractivity contribution in [3.63, 3.8) is 0 Å². The molecule has 1 aliphatic rings. The van der Waals surface area contributed by atoms with Crippen molar-refractivity contribution >= 4 is 11.6 Å². The Labute approximate surface area is 85.6 Å². The number of rotatable bonds is 1. The molecule has 0 fully saturated rings. The van der Waals surface area contributed by atoms with Crippen molar-refractivity contribution in [1.29, 1.82) is 0 Å². The number of carbonyl (C=O) groups excluding carboxylic acids is 2. The van der Waals surface area contributed by atoms with Gasteiger partial charge in [0, 0.05) is 6.20 Å². The van der Waals surface area contributed by atoms with Crippen molar-refractivity contribution in [3.05, 3.63) is 42.0 Å². The average molecular weight is 205 g/mol. The number of hydrogen-bond donors (Lipinski definition) is 0. The lowest BCUT2D eigenvalue weighted by Crippen LogP contribution is -2.25. The SMILES string of the molecule is O=C1C=CCC(c2ncccc2F)C1=O. The minimum Gasteiger partial charge on any atom is -0.290 e. The lowest BCUT2D eigenvalue weighted by atomic mass is 9.89. The molecule has 2 rings (SSSR count). The zero-order valence-corrected chi connectivity index (χ0v) is 7.81. The van der Waals surface area contributed by atoms with Crippen LogP contribution in [-0.4, -0.2) is 16.6 Å². The molecule has 1 atom stereocenters. The summed E-state index contributed by atoms with van der Waals surface area (Å²) in [6, 6.07) is 2.68. The van der Waals surface area contributed by atoms with Gasteiger partial charge in [0.25, 0.3) is 0 Å². The number of nitrogens with zero attached hydrogens (tertiary/aromatic N) is 1. The van der Waals surface area contributed by atoms with Gasteiger partial charge in [0.1, 0.15) is 5.82 Å². The highest BCUT2D eigenvalue weighted by Crippen LogP contribution is 2.24. The minimum absolute atomic E-state index is 0.0557. The van der Waals surface area contributed by atoms with E-state index in [1.54, 1.807) is 6.08 Å². The molecule has 0 bridgehead atoms. The van der Waals surface area contributed by atoms with E-state index in [2.05, 4.69) is 4.98 Å². The second kappa shape index (κ2) is 3.73. The number of Topliss-reactive ketones (excluding diaryl/α,β-unsaturated/α-hetero) is 1. The number of pyridine rings is 1. The molecule has 0 amide bonds. The molecule has 1 unspecified atom stereocenters. The van der Waals surface area contributed by atoms with Crippen molar-refractivity contribution in [2.75, 3.05) is 0 Å². The monoisotopic (exact) mass is 205 g/mol. The van der Waals surface area contributed by atoms with E-state index in [-0.39, 0.29) is 5.69 Å². The quantitative estimate of drug-likeness (QED) is 0.651. The molecule has 1 aliphatic carbocycles. The van der Waals surface area contributed by atoms with E-state index in [9.17, 15) is 14.0 Å². The molecule has 0 N–H and O–H groups in total. The first-order valence-corrected chi connectivity index (χ1v) is 4.55. The third-order valence-electron chi connectivity index (χ3n) is 2.32. The van der Waals surface area contributed by atoms with Crippen molar-refractivity contribution in [3.8, 4) is 0 Å². The van der Waals surface area contributed by atoms with E-state index >= 15 is 0 Å². The van der Waals surface area contributed by atoms with Gasteiger partial charge < -0.3 is 0 Å². The Hall–Kier alpha value is -1.84. The summed E-state index contributed by atoms with van der Waals surface area (Å²) in [7, 11) is 0. The third-order valence-corrected chi connectivity index (χ3v) is 2.32. The fraction of sp³-hybridized carbons (Fsp3) is 0.182. The molecule has 1 aromatic rings. The number of allylic oxidation sites excluding steroid dienone is 2. The minimum atomic E-state index is -0.760. The first-order valence-electron chi connectivity index (χ1n) is 4.55. The Morgan fingerprint density at radius 2 is 2.20 bits per heavy atom. The molecule has 0 radical (unpaired) electrons. The number of hydrogen-bond acceptors (Lipinski definition) is 3. The van der Waals surface area contributed by atoms with Gasteiger partial charge in [-0.25, -0.2) is 4.39 Å². The number of carbonyl (C=O) groups is 2. The van der Waals surface area contributed by atoms with Gasteiger partial charge in [0.15, 0.2) is 0 Å². The van der Waals surface area contributed by atoms with E-state index in [1.165, 1.54) is 24.4 Å². The Balaban J connectivity index is 2.40. The van der Waals surface area contributed by atoms with Gasteiger partial charge in [-0.2, -0.15) is 0 Å². The Morgan fingerprint density at radius 1 is 1.40 bits per heavy atom. The number of halogens is 1. The van der Waals surface area contributed by atoms with Crippen molar-refractivity contribution in [1.82, 2.24) is 4.98 Å². The summed E-state index contributed by atoms with van der Waals surface area (Å²) in [4.78, 5) is 26.4. The molecule has 4 heteroatoms. The molecule has 0 aromatic carbocycles. The maximum Gasteiger partial charge on any atom is 0.221 e. The molecule has 0 saturated heterocycles. The maximum absolute atomic E-state index is 13.3. The summed E-state index contributed by atoms with van der Waals surface area (Å²) in [6.45, 7) is 0.